The Morgan fingerprint density at radius 3 is 2.76 bits per heavy atom. The second-order valence-corrected chi connectivity index (χ2v) is 11.6. The van der Waals surface area contributed by atoms with Gasteiger partial charge in [0.2, 0.25) is 0 Å². The molecule has 0 spiro atoms. The molecule has 1 unspecified atom stereocenters. The molecule has 5 nitrogen and oxygen atoms in total. The Hall–Kier alpha value is -1.69. The zero-order valence-electron chi connectivity index (χ0n) is 21.3. The number of hydrogen-bond donors (Lipinski definition) is 2. The summed E-state index contributed by atoms with van der Waals surface area (Å²) >= 11 is 0. The van der Waals surface area contributed by atoms with Gasteiger partial charge in [0, 0.05) is 6.42 Å². The van der Waals surface area contributed by atoms with Gasteiger partial charge in [0.15, 0.2) is 0 Å². The molecule has 0 aromatic heterocycles. The third-order valence-corrected chi connectivity index (χ3v) is 8.70. The fourth-order valence-electron chi connectivity index (χ4n) is 6.41. The van der Waals surface area contributed by atoms with E-state index < -0.39 is 17.8 Å². The Morgan fingerprint density at radius 1 is 1.32 bits per heavy atom. The van der Waals surface area contributed by atoms with Gasteiger partial charge in [-0.15, -0.1) is 0 Å². The molecule has 4 aliphatic carbocycles. The third-order valence-electron chi connectivity index (χ3n) is 8.70. The first kappa shape index (κ1) is 25.4. The molecule has 0 aromatic rings. The van der Waals surface area contributed by atoms with E-state index in [4.69, 9.17) is 9.47 Å². The summed E-state index contributed by atoms with van der Waals surface area (Å²) in [5, 5.41) is 20.2. The summed E-state index contributed by atoms with van der Waals surface area (Å²) in [6.07, 6.45) is 12.7. The van der Waals surface area contributed by atoms with Crippen LogP contribution in [0.2, 0.25) is 0 Å². The maximum Gasteiger partial charge on any atom is 0.332 e. The molecule has 3 fully saturated rings. The van der Waals surface area contributed by atoms with E-state index in [1.165, 1.54) is 11.1 Å². The molecule has 0 heterocycles. The average molecular weight is 471 g/mol. The fourth-order valence-corrected chi connectivity index (χ4v) is 6.41. The molecule has 0 bridgehead atoms. The first-order chi connectivity index (χ1) is 16.0. The average Bonchev–Trinajstić information content (AvgIpc) is 3.56. The molecular weight excluding hydrogens is 428 g/mol. The lowest BCUT2D eigenvalue weighted by Gasteiger charge is -2.42. The van der Waals surface area contributed by atoms with Crippen molar-refractivity contribution in [2.45, 2.75) is 103 Å². The highest BCUT2D eigenvalue weighted by atomic mass is 16.6. The van der Waals surface area contributed by atoms with Gasteiger partial charge >= 0.3 is 5.97 Å². The molecule has 3 saturated carbocycles. The molecule has 0 saturated heterocycles. The summed E-state index contributed by atoms with van der Waals surface area (Å²) < 4.78 is 11.7. The molecule has 0 amide bonds. The lowest BCUT2D eigenvalue weighted by molar-refractivity contribution is -0.165. The SMILES string of the molecule is C=C1/C(=C\C=C2/CCC[C@]3(C)C(C(C)OCC(=O)OC(C)(C)C4CC4)=CC[C@@H]23)C[C@@H](O)C[C@@H]1O. The monoisotopic (exact) mass is 470 g/mol. The first-order valence-corrected chi connectivity index (χ1v) is 13.0. The summed E-state index contributed by atoms with van der Waals surface area (Å²) in [7, 11) is 0. The van der Waals surface area contributed by atoms with Crippen LogP contribution in [0, 0.1) is 17.3 Å². The van der Waals surface area contributed by atoms with E-state index in [0.29, 0.717) is 24.7 Å². The van der Waals surface area contributed by atoms with Crippen molar-refractivity contribution in [3.05, 3.63) is 47.1 Å². The largest absolute Gasteiger partial charge is 0.458 e. The molecule has 0 aliphatic heterocycles. The number of carbonyl (C=O) groups excluding carboxylic acids is 1. The quantitative estimate of drug-likeness (QED) is 0.396. The van der Waals surface area contributed by atoms with Crippen molar-refractivity contribution in [2.75, 3.05) is 6.61 Å². The van der Waals surface area contributed by atoms with Crippen LogP contribution in [0.4, 0.5) is 0 Å². The van der Waals surface area contributed by atoms with Crippen LogP contribution in [0.5, 0.6) is 0 Å². The smallest absolute Gasteiger partial charge is 0.332 e. The molecule has 0 radical (unpaired) electrons. The number of aliphatic hydroxyl groups is 2. The highest BCUT2D eigenvalue weighted by Crippen LogP contribution is 2.55. The second-order valence-electron chi connectivity index (χ2n) is 11.6. The molecule has 2 N–H and O–H groups in total. The maximum absolute atomic E-state index is 12.4. The molecule has 34 heavy (non-hydrogen) atoms. The van der Waals surface area contributed by atoms with Gasteiger partial charge in [-0.25, -0.2) is 4.79 Å². The van der Waals surface area contributed by atoms with Gasteiger partial charge in [-0.2, -0.15) is 0 Å². The van der Waals surface area contributed by atoms with Gasteiger partial charge < -0.3 is 19.7 Å². The molecule has 4 rings (SSSR count). The van der Waals surface area contributed by atoms with Gasteiger partial charge in [-0.05, 0) is 99.7 Å². The minimum atomic E-state index is -0.663. The molecule has 188 valence electrons. The van der Waals surface area contributed by atoms with Crippen LogP contribution in [-0.4, -0.2) is 46.7 Å². The van der Waals surface area contributed by atoms with Gasteiger partial charge in [-0.3, -0.25) is 0 Å². The van der Waals surface area contributed by atoms with Crippen LogP contribution in [0.25, 0.3) is 0 Å². The Bertz CT molecular complexity index is 905. The van der Waals surface area contributed by atoms with Crippen molar-refractivity contribution >= 4 is 5.97 Å². The van der Waals surface area contributed by atoms with Crippen molar-refractivity contribution < 1.29 is 24.5 Å². The van der Waals surface area contributed by atoms with Gasteiger partial charge in [0.05, 0.1) is 18.3 Å². The normalized spacial score (nSPS) is 35.3. The van der Waals surface area contributed by atoms with Crippen LogP contribution in [0.1, 0.15) is 79.1 Å². The standard InChI is InChI=1S/C29H42O5/c1-18-21(15-23(30)16-26(18)31)9-8-20-7-6-14-29(5)24(12-13-25(20)29)19(2)33-17-27(32)34-28(3,4)22-10-11-22/h8-9,12,19,22-23,25-26,30-31H,1,6-7,10-11,13-17H2,2-5H3/b20-8+,21-9-/t19?,23-,25+,26+,29-/m1/s1. The lowest BCUT2D eigenvalue weighted by Crippen LogP contribution is -2.36. The zero-order chi connectivity index (χ0) is 24.7. The van der Waals surface area contributed by atoms with E-state index in [1.54, 1.807) is 0 Å². The second kappa shape index (κ2) is 9.75. The summed E-state index contributed by atoms with van der Waals surface area (Å²) in [6, 6.07) is 0. The van der Waals surface area contributed by atoms with Crippen molar-refractivity contribution in [1.82, 2.24) is 0 Å². The van der Waals surface area contributed by atoms with Crippen molar-refractivity contribution in [1.29, 1.82) is 0 Å². The number of esters is 1. The Morgan fingerprint density at radius 2 is 2.06 bits per heavy atom. The van der Waals surface area contributed by atoms with E-state index >= 15 is 0 Å². The summed E-state index contributed by atoms with van der Waals surface area (Å²) in [5.41, 5.74) is 3.99. The number of allylic oxidation sites excluding steroid dienone is 4. The third kappa shape index (κ3) is 5.27. The summed E-state index contributed by atoms with van der Waals surface area (Å²) in [6.45, 7) is 12.4. The number of rotatable bonds is 7. The van der Waals surface area contributed by atoms with E-state index in [2.05, 4.69) is 31.7 Å². The number of ether oxygens (including phenoxy) is 2. The number of carbonyl (C=O) groups is 1. The summed E-state index contributed by atoms with van der Waals surface area (Å²) in [5.74, 6) is 0.606. The Kier molecular flexibility index (Phi) is 7.29. The first-order valence-electron chi connectivity index (χ1n) is 13.0. The molecule has 0 aromatic carbocycles. The van der Waals surface area contributed by atoms with Crippen molar-refractivity contribution in [3.63, 3.8) is 0 Å². The number of fused-ring (bicyclic) bond motifs is 1. The van der Waals surface area contributed by atoms with Gasteiger partial charge in [0.1, 0.15) is 12.2 Å². The predicted molar refractivity (Wildman–Crippen MR) is 133 cm³/mol. The zero-order valence-corrected chi connectivity index (χ0v) is 21.3. The van der Waals surface area contributed by atoms with E-state index in [1.807, 2.05) is 20.8 Å². The molecular formula is C29H42O5. The highest BCUT2D eigenvalue weighted by Gasteiger charge is 2.46. The van der Waals surface area contributed by atoms with Crippen LogP contribution < -0.4 is 0 Å². The minimum absolute atomic E-state index is 0.0157. The van der Waals surface area contributed by atoms with Crippen LogP contribution in [-0.2, 0) is 14.3 Å². The van der Waals surface area contributed by atoms with E-state index in [0.717, 1.165) is 49.7 Å². The van der Waals surface area contributed by atoms with E-state index in [-0.39, 0.29) is 24.1 Å². The molecule has 5 heteroatoms. The van der Waals surface area contributed by atoms with Crippen LogP contribution in [0.15, 0.2) is 47.1 Å². The van der Waals surface area contributed by atoms with Crippen LogP contribution >= 0.6 is 0 Å². The number of hydrogen-bond acceptors (Lipinski definition) is 5. The van der Waals surface area contributed by atoms with E-state index in [9.17, 15) is 15.0 Å². The van der Waals surface area contributed by atoms with Gasteiger partial charge in [0.25, 0.3) is 0 Å². The fraction of sp³-hybridized carbons (Fsp3) is 0.690. The molecule has 4 aliphatic rings. The number of aliphatic hydroxyl groups excluding tert-OH is 2. The van der Waals surface area contributed by atoms with Crippen molar-refractivity contribution in [2.24, 2.45) is 17.3 Å². The lowest BCUT2D eigenvalue weighted by atomic mass is 9.63. The van der Waals surface area contributed by atoms with Gasteiger partial charge in [-0.1, -0.05) is 37.3 Å². The summed E-state index contributed by atoms with van der Waals surface area (Å²) in [4.78, 5) is 12.4. The Balaban J connectivity index is 1.39. The highest BCUT2D eigenvalue weighted by molar-refractivity contribution is 5.71. The topological polar surface area (TPSA) is 76.0 Å². The van der Waals surface area contributed by atoms with Crippen molar-refractivity contribution in [3.8, 4) is 0 Å². The predicted octanol–water partition coefficient (Wildman–Crippen LogP) is 5.18. The minimum Gasteiger partial charge on any atom is -0.458 e. The van der Waals surface area contributed by atoms with Crippen LogP contribution in [0.3, 0.4) is 0 Å². The maximum atomic E-state index is 12.4. The Labute approximate surface area is 204 Å². The molecule has 5 atom stereocenters.